The molecule has 2 saturated heterocycles. The zero-order chi connectivity index (χ0) is 12.4. The van der Waals surface area contributed by atoms with Crippen molar-refractivity contribution in [3.8, 4) is 0 Å². The Balaban J connectivity index is 1.83. The van der Waals surface area contributed by atoms with Crippen LogP contribution in [0.2, 0.25) is 0 Å². The number of carbonyl (C=O) groups is 1. The van der Waals surface area contributed by atoms with Crippen molar-refractivity contribution in [2.75, 3.05) is 26.7 Å². The normalized spacial score (nSPS) is 31.5. The Morgan fingerprint density at radius 2 is 2.24 bits per heavy atom. The fourth-order valence-corrected chi connectivity index (χ4v) is 3.26. The number of piperidine rings is 1. The molecule has 2 rings (SSSR count). The molecule has 4 heteroatoms. The van der Waals surface area contributed by atoms with Crippen LogP contribution < -0.4 is 0 Å². The molecule has 0 spiro atoms. The van der Waals surface area contributed by atoms with Crippen molar-refractivity contribution in [1.82, 2.24) is 9.80 Å². The Hall–Kier alpha value is -0.610. The SMILES string of the molecule is CC(CN(C)C1CCN2CCCC2C1)C(=O)O. The molecule has 0 aliphatic carbocycles. The van der Waals surface area contributed by atoms with E-state index in [2.05, 4.69) is 16.8 Å². The maximum Gasteiger partial charge on any atom is 0.307 e. The highest BCUT2D eigenvalue weighted by molar-refractivity contribution is 5.69. The Kier molecular flexibility index (Phi) is 4.05. The molecule has 3 unspecified atom stereocenters. The van der Waals surface area contributed by atoms with Crippen molar-refractivity contribution in [1.29, 1.82) is 0 Å². The zero-order valence-electron chi connectivity index (χ0n) is 10.9. The zero-order valence-corrected chi connectivity index (χ0v) is 10.9. The van der Waals surface area contributed by atoms with Crippen LogP contribution in [-0.4, -0.2) is 59.6 Å². The highest BCUT2D eigenvalue weighted by Gasteiger charge is 2.33. The van der Waals surface area contributed by atoms with E-state index in [9.17, 15) is 4.79 Å². The van der Waals surface area contributed by atoms with E-state index < -0.39 is 5.97 Å². The van der Waals surface area contributed by atoms with Gasteiger partial charge in [0.1, 0.15) is 0 Å². The second kappa shape index (κ2) is 5.36. The quantitative estimate of drug-likeness (QED) is 0.803. The third-order valence-corrected chi connectivity index (χ3v) is 4.40. The van der Waals surface area contributed by atoms with Crippen LogP contribution in [-0.2, 0) is 4.79 Å². The standard InChI is InChI=1S/C13H24N2O2/c1-10(13(16)17)9-14(2)11-5-7-15-6-3-4-12(15)8-11/h10-12H,3-9H2,1-2H3,(H,16,17). The summed E-state index contributed by atoms with van der Waals surface area (Å²) in [6, 6.07) is 1.34. The Labute approximate surface area is 104 Å². The summed E-state index contributed by atoms with van der Waals surface area (Å²) in [5.74, 6) is -0.947. The highest BCUT2D eigenvalue weighted by atomic mass is 16.4. The first kappa shape index (κ1) is 12.8. The van der Waals surface area contributed by atoms with Crippen molar-refractivity contribution in [3.63, 3.8) is 0 Å². The van der Waals surface area contributed by atoms with Crippen LogP contribution in [0, 0.1) is 5.92 Å². The monoisotopic (exact) mass is 240 g/mol. The van der Waals surface area contributed by atoms with Crippen molar-refractivity contribution in [3.05, 3.63) is 0 Å². The van der Waals surface area contributed by atoms with Gasteiger partial charge < -0.3 is 14.9 Å². The number of aliphatic carboxylic acids is 1. The van der Waals surface area contributed by atoms with Crippen molar-refractivity contribution >= 4 is 5.97 Å². The van der Waals surface area contributed by atoms with Crippen LogP contribution in [0.15, 0.2) is 0 Å². The number of fused-ring (bicyclic) bond motifs is 1. The second-order valence-corrected chi connectivity index (χ2v) is 5.69. The van der Waals surface area contributed by atoms with Crippen LogP contribution in [0.3, 0.4) is 0 Å². The number of hydrogen-bond donors (Lipinski definition) is 1. The predicted octanol–water partition coefficient (Wildman–Crippen LogP) is 1.27. The van der Waals surface area contributed by atoms with Gasteiger partial charge in [0.05, 0.1) is 5.92 Å². The number of rotatable bonds is 4. The number of carboxylic acids is 1. The summed E-state index contributed by atoms with van der Waals surface area (Å²) in [7, 11) is 2.08. The smallest absolute Gasteiger partial charge is 0.307 e. The molecule has 98 valence electrons. The minimum absolute atomic E-state index is 0.262. The first-order valence-corrected chi connectivity index (χ1v) is 6.75. The molecule has 0 saturated carbocycles. The van der Waals surface area contributed by atoms with Gasteiger partial charge in [-0.15, -0.1) is 0 Å². The molecular formula is C13H24N2O2. The van der Waals surface area contributed by atoms with E-state index in [0.29, 0.717) is 12.6 Å². The number of nitrogens with zero attached hydrogens (tertiary/aromatic N) is 2. The van der Waals surface area contributed by atoms with Crippen LogP contribution in [0.1, 0.15) is 32.6 Å². The summed E-state index contributed by atoms with van der Waals surface area (Å²) in [5, 5.41) is 8.94. The van der Waals surface area contributed by atoms with Gasteiger partial charge in [0.25, 0.3) is 0 Å². The summed E-state index contributed by atoms with van der Waals surface area (Å²) in [5.41, 5.74) is 0. The Bertz CT molecular complexity index is 283. The fraction of sp³-hybridized carbons (Fsp3) is 0.923. The molecule has 2 aliphatic rings. The van der Waals surface area contributed by atoms with E-state index in [1.807, 2.05) is 0 Å². The molecule has 0 radical (unpaired) electrons. The molecule has 2 heterocycles. The first-order chi connectivity index (χ1) is 8.08. The van der Waals surface area contributed by atoms with Gasteiger partial charge in [-0.2, -0.15) is 0 Å². The molecule has 2 aliphatic heterocycles. The average Bonchev–Trinajstić information content (AvgIpc) is 2.75. The topological polar surface area (TPSA) is 43.8 Å². The van der Waals surface area contributed by atoms with Gasteiger partial charge in [-0.05, 0) is 45.8 Å². The molecule has 3 atom stereocenters. The molecule has 4 nitrogen and oxygen atoms in total. The van der Waals surface area contributed by atoms with E-state index in [1.165, 1.54) is 38.8 Å². The Morgan fingerprint density at radius 3 is 2.94 bits per heavy atom. The van der Waals surface area contributed by atoms with Gasteiger partial charge in [-0.1, -0.05) is 6.92 Å². The van der Waals surface area contributed by atoms with Crippen molar-refractivity contribution in [2.24, 2.45) is 5.92 Å². The minimum atomic E-state index is -0.685. The maximum atomic E-state index is 10.9. The first-order valence-electron chi connectivity index (χ1n) is 6.75. The van der Waals surface area contributed by atoms with Crippen LogP contribution >= 0.6 is 0 Å². The van der Waals surface area contributed by atoms with E-state index in [1.54, 1.807) is 6.92 Å². The summed E-state index contributed by atoms with van der Waals surface area (Å²) in [6.45, 7) is 4.93. The van der Waals surface area contributed by atoms with E-state index in [-0.39, 0.29) is 5.92 Å². The van der Waals surface area contributed by atoms with E-state index >= 15 is 0 Å². The lowest BCUT2D eigenvalue weighted by molar-refractivity contribution is -0.141. The maximum absolute atomic E-state index is 10.9. The lowest BCUT2D eigenvalue weighted by Gasteiger charge is -2.39. The molecule has 0 amide bonds. The van der Waals surface area contributed by atoms with Crippen molar-refractivity contribution in [2.45, 2.75) is 44.7 Å². The van der Waals surface area contributed by atoms with Gasteiger partial charge in [-0.25, -0.2) is 0 Å². The van der Waals surface area contributed by atoms with Crippen LogP contribution in [0.4, 0.5) is 0 Å². The minimum Gasteiger partial charge on any atom is -0.481 e. The largest absolute Gasteiger partial charge is 0.481 e. The molecule has 0 aromatic carbocycles. The molecule has 17 heavy (non-hydrogen) atoms. The summed E-state index contributed by atoms with van der Waals surface area (Å²) < 4.78 is 0. The van der Waals surface area contributed by atoms with E-state index in [4.69, 9.17) is 5.11 Å². The van der Waals surface area contributed by atoms with Crippen molar-refractivity contribution < 1.29 is 9.90 Å². The molecular weight excluding hydrogens is 216 g/mol. The molecule has 0 bridgehead atoms. The third kappa shape index (κ3) is 2.99. The van der Waals surface area contributed by atoms with Crippen LogP contribution in [0.25, 0.3) is 0 Å². The fourth-order valence-electron chi connectivity index (χ4n) is 3.26. The predicted molar refractivity (Wildman–Crippen MR) is 67.0 cm³/mol. The highest BCUT2D eigenvalue weighted by Crippen LogP contribution is 2.29. The molecule has 2 fully saturated rings. The lowest BCUT2D eigenvalue weighted by Crippen LogP contribution is -2.47. The van der Waals surface area contributed by atoms with E-state index in [0.717, 1.165) is 6.04 Å². The summed E-state index contributed by atoms with van der Waals surface area (Å²) in [4.78, 5) is 15.7. The average molecular weight is 240 g/mol. The van der Waals surface area contributed by atoms with Gasteiger partial charge >= 0.3 is 5.97 Å². The third-order valence-electron chi connectivity index (χ3n) is 4.40. The van der Waals surface area contributed by atoms with Crippen LogP contribution in [0.5, 0.6) is 0 Å². The number of carboxylic acid groups (broad SMARTS) is 1. The molecule has 0 aromatic heterocycles. The lowest BCUT2D eigenvalue weighted by atomic mass is 9.96. The molecule has 0 aromatic rings. The number of hydrogen-bond acceptors (Lipinski definition) is 3. The second-order valence-electron chi connectivity index (χ2n) is 5.69. The van der Waals surface area contributed by atoms with Gasteiger partial charge in [0.2, 0.25) is 0 Å². The summed E-state index contributed by atoms with van der Waals surface area (Å²) >= 11 is 0. The summed E-state index contributed by atoms with van der Waals surface area (Å²) in [6.07, 6.45) is 5.09. The van der Waals surface area contributed by atoms with Gasteiger partial charge in [0, 0.05) is 18.6 Å². The molecule has 1 N–H and O–H groups in total. The Morgan fingerprint density at radius 1 is 1.47 bits per heavy atom. The van der Waals surface area contributed by atoms with Gasteiger partial charge in [-0.3, -0.25) is 4.79 Å². The van der Waals surface area contributed by atoms with Gasteiger partial charge in [0.15, 0.2) is 0 Å².